The van der Waals surface area contributed by atoms with Crippen molar-refractivity contribution in [2.45, 2.75) is 12.5 Å². The number of rotatable bonds is 3. The van der Waals surface area contributed by atoms with Crippen LogP contribution in [0.25, 0.3) is 0 Å². The first kappa shape index (κ1) is 18.9. The number of amides is 1. The molecular weight excluding hydrogens is 380 g/mol. The maximum atomic E-state index is 13.4. The number of aryl methyl sites for hydroxylation is 1. The van der Waals surface area contributed by atoms with Crippen LogP contribution in [0.1, 0.15) is 17.4 Å². The minimum absolute atomic E-state index is 0.177. The molecule has 0 aromatic carbocycles. The molecule has 0 saturated carbocycles. The van der Waals surface area contributed by atoms with E-state index in [0.717, 1.165) is 17.6 Å². The summed E-state index contributed by atoms with van der Waals surface area (Å²) >= 11 is 0. The first-order chi connectivity index (χ1) is 13.4. The fraction of sp³-hybridized carbons (Fsp3) is 0.500. The number of nitrogens with zero attached hydrogens (tertiary/aromatic N) is 6. The van der Waals surface area contributed by atoms with Crippen LogP contribution in [0.15, 0.2) is 30.9 Å². The second-order valence-corrected chi connectivity index (χ2v) is 9.17. The van der Waals surface area contributed by atoms with Gasteiger partial charge in [-0.1, -0.05) is 0 Å². The van der Waals surface area contributed by atoms with Crippen molar-refractivity contribution in [3.63, 3.8) is 0 Å². The van der Waals surface area contributed by atoms with Crippen LogP contribution in [0.2, 0.25) is 0 Å². The Morgan fingerprint density at radius 3 is 2.43 bits per heavy atom. The largest absolute Gasteiger partial charge is 0.368 e. The molecule has 2 aromatic rings. The van der Waals surface area contributed by atoms with E-state index >= 15 is 0 Å². The van der Waals surface area contributed by atoms with Gasteiger partial charge in [0.15, 0.2) is 0 Å². The molecule has 1 saturated heterocycles. The lowest BCUT2D eigenvalue weighted by molar-refractivity contribution is -0.136. The minimum Gasteiger partial charge on any atom is -0.368 e. The average Bonchev–Trinajstić information content (AvgIpc) is 3.08. The minimum atomic E-state index is -3.52. The summed E-state index contributed by atoms with van der Waals surface area (Å²) < 4.78 is 27.8. The van der Waals surface area contributed by atoms with Gasteiger partial charge in [0.25, 0.3) is 0 Å². The average molecular weight is 404 g/mol. The highest BCUT2D eigenvalue weighted by molar-refractivity contribution is 7.88. The highest BCUT2D eigenvalue weighted by Crippen LogP contribution is 2.32. The van der Waals surface area contributed by atoms with Crippen molar-refractivity contribution in [2.75, 3.05) is 43.9 Å². The van der Waals surface area contributed by atoms with Crippen LogP contribution in [0.3, 0.4) is 0 Å². The number of aromatic nitrogens is 3. The Morgan fingerprint density at radius 2 is 1.79 bits per heavy atom. The van der Waals surface area contributed by atoms with Crippen molar-refractivity contribution in [1.29, 1.82) is 0 Å². The lowest BCUT2D eigenvalue weighted by atomic mass is 10.0. The Kier molecular flexibility index (Phi) is 4.84. The van der Waals surface area contributed by atoms with Gasteiger partial charge in [0.1, 0.15) is 6.04 Å². The summed E-state index contributed by atoms with van der Waals surface area (Å²) in [4.78, 5) is 25.8. The maximum Gasteiger partial charge on any atom is 0.247 e. The molecule has 2 aliphatic rings. The van der Waals surface area contributed by atoms with Crippen LogP contribution >= 0.6 is 0 Å². The van der Waals surface area contributed by atoms with E-state index in [-0.39, 0.29) is 12.5 Å². The van der Waals surface area contributed by atoms with Gasteiger partial charge in [-0.05, 0) is 12.1 Å². The number of carbonyl (C=O) groups excluding carboxylic acids is 1. The molecule has 0 N–H and O–H groups in total. The van der Waals surface area contributed by atoms with Crippen LogP contribution in [-0.2, 0) is 28.3 Å². The zero-order chi connectivity index (χ0) is 19.9. The van der Waals surface area contributed by atoms with E-state index < -0.39 is 16.1 Å². The molecular formula is C18H24N6O3S. The normalized spacial score (nSPS) is 20.9. The molecule has 150 valence electrons. The molecule has 4 rings (SSSR count). The third-order valence-electron chi connectivity index (χ3n) is 5.46. The molecule has 9 nitrogen and oxygen atoms in total. The Morgan fingerprint density at radius 1 is 1.11 bits per heavy atom. The second kappa shape index (κ2) is 7.17. The Hall–Kier alpha value is -2.46. The van der Waals surface area contributed by atoms with Gasteiger partial charge >= 0.3 is 0 Å². The van der Waals surface area contributed by atoms with Gasteiger partial charge in [-0.2, -0.15) is 4.31 Å². The Bertz CT molecular complexity index is 966. The molecule has 2 aromatic heterocycles. The molecule has 28 heavy (non-hydrogen) atoms. The number of pyridine rings is 1. The Balaban J connectivity index is 1.57. The van der Waals surface area contributed by atoms with E-state index in [9.17, 15) is 13.2 Å². The fourth-order valence-corrected chi connectivity index (χ4v) is 5.02. The van der Waals surface area contributed by atoms with E-state index in [0.29, 0.717) is 38.3 Å². The molecule has 0 aliphatic carbocycles. The predicted octanol–water partition coefficient (Wildman–Crippen LogP) is 0.0227. The van der Waals surface area contributed by atoms with Crippen molar-refractivity contribution >= 4 is 21.6 Å². The molecule has 1 unspecified atom stereocenters. The van der Waals surface area contributed by atoms with Gasteiger partial charge in [0.05, 0.1) is 24.0 Å². The number of anilines is 1. The summed E-state index contributed by atoms with van der Waals surface area (Å²) in [5.41, 5.74) is 2.56. The molecule has 1 fully saturated rings. The monoisotopic (exact) mass is 404 g/mol. The molecule has 1 atom stereocenters. The summed E-state index contributed by atoms with van der Waals surface area (Å²) in [5.74, 6) is -0.177. The summed E-state index contributed by atoms with van der Waals surface area (Å²) in [5, 5.41) is 0. The second-order valence-electron chi connectivity index (χ2n) is 7.23. The summed E-state index contributed by atoms with van der Waals surface area (Å²) in [6, 6.07) is 3.05. The van der Waals surface area contributed by atoms with Crippen molar-refractivity contribution in [2.24, 2.45) is 7.05 Å². The number of imidazole rings is 1. The van der Waals surface area contributed by atoms with Crippen LogP contribution in [0, 0.1) is 0 Å². The third-order valence-corrected chi connectivity index (χ3v) is 6.70. The number of sulfonamides is 1. The topological polar surface area (TPSA) is 91.6 Å². The highest BCUT2D eigenvalue weighted by Gasteiger charge is 2.42. The molecule has 4 heterocycles. The van der Waals surface area contributed by atoms with Crippen molar-refractivity contribution in [1.82, 2.24) is 23.7 Å². The first-order valence-electron chi connectivity index (χ1n) is 9.27. The number of carbonyl (C=O) groups is 1. The lowest BCUT2D eigenvalue weighted by Gasteiger charge is -2.40. The van der Waals surface area contributed by atoms with Gasteiger partial charge < -0.3 is 14.4 Å². The fourth-order valence-electron chi connectivity index (χ4n) is 4.02. The van der Waals surface area contributed by atoms with Gasteiger partial charge in [-0.25, -0.2) is 13.4 Å². The van der Waals surface area contributed by atoms with Gasteiger partial charge in [-0.3, -0.25) is 9.78 Å². The molecule has 2 aliphatic heterocycles. The van der Waals surface area contributed by atoms with Crippen molar-refractivity contribution in [3.8, 4) is 0 Å². The van der Waals surface area contributed by atoms with E-state index in [1.165, 1.54) is 4.31 Å². The van der Waals surface area contributed by atoms with E-state index in [1.54, 1.807) is 35.2 Å². The number of hydrogen-bond acceptors (Lipinski definition) is 6. The number of piperazine rings is 1. The van der Waals surface area contributed by atoms with Gasteiger partial charge in [-0.15, -0.1) is 0 Å². The summed E-state index contributed by atoms with van der Waals surface area (Å²) in [6.07, 6.45) is 6.84. The molecule has 10 heteroatoms. The zero-order valence-corrected chi connectivity index (χ0v) is 16.8. The number of fused-ring (bicyclic) bond motifs is 1. The predicted molar refractivity (Wildman–Crippen MR) is 104 cm³/mol. The SMILES string of the molecule is Cn1cnc2c1C(C(=O)N1CCN(c3ccncc3)CC1)N(S(C)(=O)=O)CC2. The lowest BCUT2D eigenvalue weighted by Crippen LogP contribution is -2.54. The van der Waals surface area contributed by atoms with Crippen molar-refractivity contribution in [3.05, 3.63) is 42.2 Å². The quantitative estimate of drug-likeness (QED) is 0.716. The van der Waals surface area contributed by atoms with E-state index in [4.69, 9.17) is 0 Å². The molecule has 0 bridgehead atoms. The standard InChI is InChI=1S/C18H24N6O3S/c1-21-13-20-15-5-8-24(28(2,26)27)17(16(15)21)18(25)23-11-9-22(10-12-23)14-3-6-19-7-4-14/h3-4,6-7,13,17H,5,8-12H2,1-2H3. The maximum absolute atomic E-state index is 13.4. The van der Waals surface area contributed by atoms with Crippen LogP contribution in [0.4, 0.5) is 5.69 Å². The van der Waals surface area contributed by atoms with Crippen LogP contribution in [-0.4, -0.2) is 77.0 Å². The van der Waals surface area contributed by atoms with Crippen LogP contribution in [0.5, 0.6) is 0 Å². The molecule has 1 amide bonds. The molecule has 0 radical (unpaired) electrons. The van der Waals surface area contributed by atoms with Crippen molar-refractivity contribution < 1.29 is 13.2 Å². The van der Waals surface area contributed by atoms with Gasteiger partial charge in [0.2, 0.25) is 15.9 Å². The third kappa shape index (κ3) is 3.37. The summed E-state index contributed by atoms with van der Waals surface area (Å²) in [7, 11) is -1.72. The summed E-state index contributed by atoms with van der Waals surface area (Å²) in [6.45, 7) is 2.75. The Labute approximate surface area is 164 Å². The van der Waals surface area contributed by atoms with Gasteiger partial charge in [0, 0.05) is 64.3 Å². The highest BCUT2D eigenvalue weighted by atomic mass is 32.2. The van der Waals surface area contributed by atoms with Crippen LogP contribution < -0.4 is 4.90 Å². The van der Waals surface area contributed by atoms with E-state index in [2.05, 4.69) is 14.9 Å². The first-order valence-corrected chi connectivity index (χ1v) is 11.1. The zero-order valence-electron chi connectivity index (χ0n) is 16.0. The number of hydrogen-bond donors (Lipinski definition) is 0. The van der Waals surface area contributed by atoms with E-state index in [1.807, 2.05) is 12.1 Å². The molecule has 0 spiro atoms. The smallest absolute Gasteiger partial charge is 0.247 e.